The van der Waals surface area contributed by atoms with E-state index in [1.54, 1.807) is 0 Å². The van der Waals surface area contributed by atoms with Gasteiger partial charge in [0.25, 0.3) is 0 Å². The summed E-state index contributed by atoms with van der Waals surface area (Å²) >= 11 is 5.37. The summed E-state index contributed by atoms with van der Waals surface area (Å²) in [4.78, 5) is 11.5. The van der Waals surface area contributed by atoms with Gasteiger partial charge in [-0.2, -0.15) is 0 Å². The Morgan fingerprint density at radius 2 is 1.90 bits per heavy atom. The van der Waals surface area contributed by atoms with Crippen LogP contribution < -0.4 is 5.32 Å². The van der Waals surface area contributed by atoms with Crippen LogP contribution in [-0.4, -0.2) is 38.3 Å². The van der Waals surface area contributed by atoms with Gasteiger partial charge in [0, 0.05) is 18.8 Å². The van der Waals surface area contributed by atoms with E-state index in [4.69, 9.17) is 11.6 Å². The Labute approximate surface area is 124 Å². The van der Waals surface area contributed by atoms with Gasteiger partial charge in [-0.05, 0) is 5.56 Å². The van der Waals surface area contributed by atoms with Crippen molar-refractivity contribution in [2.24, 2.45) is 0 Å². The summed E-state index contributed by atoms with van der Waals surface area (Å²) in [5.41, 5.74) is 1.05. The van der Waals surface area contributed by atoms with Crippen molar-refractivity contribution in [3.05, 3.63) is 42.0 Å². The molecule has 0 aromatic heterocycles. The van der Waals surface area contributed by atoms with E-state index >= 15 is 0 Å². The first-order valence-electron chi connectivity index (χ1n) is 6.28. The predicted molar refractivity (Wildman–Crippen MR) is 82.5 cm³/mol. The molecule has 0 aliphatic heterocycles. The molecule has 0 spiro atoms. The summed E-state index contributed by atoms with van der Waals surface area (Å²) in [6.45, 7) is 0.378. The smallest absolute Gasteiger partial charge is 0.221 e. The van der Waals surface area contributed by atoms with Gasteiger partial charge in [0.1, 0.15) is 0 Å². The minimum absolute atomic E-state index is 0.0294. The molecule has 1 N–H and O–H groups in total. The van der Waals surface area contributed by atoms with Crippen molar-refractivity contribution in [3.8, 4) is 0 Å². The van der Waals surface area contributed by atoms with E-state index in [0.29, 0.717) is 6.54 Å². The zero-order valence-electron chi connectivity index (χ0n) is 11.1. The van der Waals surface area contributed by atoms with Crippen LogP contribution in [0.25, 0.3) is 6.08 Å². The van der Waals surface area contributed by atoms with Gasteiger partial charge < -0.3 is 5.32 Å². The number of hydrogen-bond donors (Lipinski definition) is 1. The number of hydrogen-bond acceptors (Lipinski definition) is 3. The molecule has 0 aliphatic carbocycles. The third-order valence-electron chi connectivity index (χ3n) is 2.56. The summed E-state index contributed by atoms with van der Waals surface area (Å²) < 4.78 is 22.7. The number of sulfone groups is 1. The molecule has 1 aromatic rings. The summed E-state index contributed by atoms with van der Waals surface area (Å²) in [5.74, 6) is -0.464. The normalized spacial score (nSPS) is 11.7. The van der Waals surface area contributed by atoms with Crippen LogP contribution in [0.5, 0.6) is 0 Å². The van der Waals surface area contributed by atoms with Crippen molar-refractivity contribution >= 4 is 33.4 Å². The second kappa shape index (κ2) is 8.76. The maximum absolute atomic E-state index is 11.5. The molecule has 0 radical (unpaired) electrons. The average Bonchev–Trinajstić information content (AvgIpc) is 2.43. The molecule has 110 valence electrons. The van der Waals surface area contributed by atoms with E-state index in [1.165, 1.54) is 0 Å². The zero-order valence-corrected chi connectivity index (χ0v) is 12.7. The van der Waals surface area contributed by atoms with Crippen LogP contribution in [0.4, 0.5) is 0 Å². The number of nitrogens with one attached hydrogen (secondary N) is 1. The first-order valence-corrected chi connectivity index (χ1v) is 8.64. The maximum atomic E-state index is 11.5. The van der Waals surface area contributed by atoms with Crippen molar-refractivity contribution in [2.75, 3.05) is 23.9 Å². The van der Waals surface area contributed by atoms with Crippen LogP contribution in [0, 0.1) is 0 Å². The van der Waals surface area contributed by atoms with Crippen LogP contribution in [0.3, 0.4) is 0 Å². The lowest BCUT2D eigenvalue weighted by atomic mass is 10.2. The number of rotatable bonds is 8. The van der Waals surface area contributed by atoms with Crippen molar-refractivity contribution < 1.29 is 13.2 Å². The average molecular weight is 316 g/mol. The number of carbonyl (C=O) groups excluding carboxylic acids is 1. The molecular formula is C14H18ClNO3S. The lowest BCUT2D eigenvalue weighted by Gasteiger charge is -2.03. The molecule has 1 aromatic carbocycles. The number of amides is 1. The fourth-order valence-electron chi connectivity index (χ4n) is 1.49. The van der Waals surface area contributed by atoms with Gasteiger partial charge in [-0.25, -0.2) is 8.42 Å². The lowest BCUT2D eigenvalue weighted by Crippen LogP contribution is -2.26. The first kappa shape index (κ1) is 16.7. The van der Waals surface area contributed by atoms with Crippen LogP contribution in [0.2, 0.25) is 0 Å². The van der Waals surface area contributed by atoms with Gasteiger partial charge in [0.2, 0.25) is 5.91 Å². The Bertz CT molecular complexity index is 541. The molecule has 0 fully saturated rings. The quantitative estimate of drug-likeness (QED) is 0.745. The number of halogens is 1. The van der Waals surface area contributed by atoms with Crippen LogP contribution >= 0.6 is 11.6 Å². The standard InChI is InChI=1S/C14H18ClNO3S/c15-9-12-20(18,19)11-8-14(17)16-10-4-7-13-5-2-1-3-6-13/h1-7H,8-12H2,(H,16,17). The molecule has 0 heterocycles. The van der Waals surface area contributed by atoms with Crippen molar-refractivity contribution in [1.29, 1.82) is 0 Å². The maximum Gasteiger partial charge on any atom is 0.221 e. The monoisotopic (exact) mass is 315 g/mol. The molecule has 0 saturated heterocycles. The Morgan fingerprint density at radius 1 is 1.20 bits per heavy atom. The van der Waals surface area contributed by atoms with Crippen LogP contribution in [0.15, 0.2) is 36.4 Å². The van der Waals surface area contributed by atoms with Crippen molar-refractivity contribution in [2.45, 2.75) is 6.42 Å². The second-order valence-electron chi connectivity index (χ2n) is 4.21. The van der Waals surface area contributed by atoms with Gasteiger partial charge in [0.15, 0.2) is 9.84 Å². The second-order valence-corrected chi connectivity index (χ2v) is 6.89. The Balaban J connectivity index is 2.25. The molecule has 0 unspecified atom stereocenters. The van der Waals surface area contributed by atoms with E-state index in [1.807, 2.05) is 42.5 Å². The van der Waals surface area contributed by atoms with Gasteiger partial charge in [-0.15, -0.1) is 11.6 Å². The van der Waals surface area contributed by atoms with E-state index in [0.717, 1.165) is 5.56 Å². The van der Waals surface area contributed by atoms with E-state index < -0.39 is 9.84 Å². The number of carbonyl (C=O) groups is 1. The molecule has 1 rings (SSSR count). The molecule has 20 heavy (non-hydrogen) atoms. The van der Waals surface area contributed by atoms with Gasteiger partial charge in [-0.3, -0.25) is 4.79 Å². The summed E-state index contributed by atoms with van der Waals surface area (Å²) in [6.07, 6.45) is 3.68. The highest BCUT2D eigenvalue weighted by atomic mass is 35.5. The minimum Gasteiger partial charge on any atom is -0.353 e. The van der Waals surface area contributed by atoms with Crippen LogP contribution in [-0.2, 0) is 14.6 Å². The zero-order chi connectivity index (χ0) is 14.8. The van der Waals surface area contributed by atoms with Gasteiger partial charge >= 0.3 is 0 Å². The topological polar surface area (TPSA) is 63.2 Å². The minimum atomic E-state index is -3.21. The highest BCUT2D eigenvalue weighted by Crippen LogP contribution is 2.00. The molecule has 0 atom stereocenters. The van der Waals surface area contributed by atoms with E-state index in [9.17, 15) is 13.2 Å². The third kappa shape index (κ3) is 7.31. The predicted octanol–water partition coefficient (Wildman–Crippen LogP) is 1.86. The Hall–Kier alpha value is -1.33. The molecule has 0 saturated carbocycles. The van der Waals surface area contributed by atoms with Gasteiger partial charge in [-0.1, -0.05) is 42.5 Å². The largest absolute Gasteiger partial charge is 0.353 e. The highest BCUT2D eigenvalue weighted by molar-refractivity contribution is 7.91. The number of alkyl halides is 1. The summed E-state index contributed by atoms with van der Waals surface area (Å²) in [7, 11) is -3.21. The molecular weight excluding hydrogens is 298 g/mol. The Morgan fingerprint density at radius 3 is 2.55 bits per heavy atom. The fourth-order valence-corrected chi connectivity index (χ4v) is 3.13. The van der Waals surface area contributed by atoms with Crippen molar-refractivity contribution in [1.82, 2.24) is 5.32 Å². The molecule has 0 aliphatic rings. The molecule has 6 heteroatoms. The number of benzene rings is 1. The fraction of sp³-hybridized carbons (Fsp3) is 0.357. The summed E-state index contributed by atoms with van der Waals surface area (Å²) in [5, 5.41) is 2.64. The van der Waals surface area contributed by atoms with Crippen molar-refractivity contribution in [3.63, 3.8) is 0 Å². The van der Waals surface area contributed by atoms with Gasteiger partial charge in [0.05, 0.1) is 11.5 Å². The first-order chi connectivity index (χ1) is 9.53. The third-order valence-corrected chi connectivity index (χ3v) is 4.62. The lowest BCUT2D eigenvalue weighted by molar-refractivity contribution is -0.120. The van der Waals surface area contributed by atoms with E-state index in [-0.39, 0.29) is 29.7 Å². The molecule has 1 amide bonds. The summed E-state index contributed by atoms with van der Waals surface area (Å²) in [6, 6.07) is 9.70. The SMILES string of the molecule is O=C(CCS(=O)(=O)CCCl)NCC=Cc1ccccc1. The Kier molecular flexibility index (Phi) is 7.33. The van der Waals surface area contributed by atoms with Crippen LogP contribution in [0.1, 0.15) is 12.0 Å². The highest BCUT2D eigenvalue weighted by Gasteiger charge is 2.12. The van der Waals surface area contributed by atoms with E-state index in [2.05, 4.69) is 5.32 Å². The molecule has 0 bridgehead atoms. The molecule has 4 nitrogen and oxygen atoms in total.